The van der Waals surface area contributed by atoms with Crippen LogP contribution in [0.25, 0.3) is 6.08 Å². The number of nitrogens with zero attached hydrogens (tertiary/aromatic N) is 2. The third-order valence-electron chi connectivity index (χ3n) is 6.76. The van der Waals surface area contributed by atoms with Gasteiger partial charge in [0, 0.05) is 12.0 Å². The van der Waals surface area contributed by atoms with Gasteiger partial charge in [0.15, 0.2) is 0 Å². The van der Waals surface area contributed by atoms with E-state index in [1.54, 1.807) is 0 Å². The van der Waals surface area contributed by atoms with E-state index in [1.165, 1.54) is 17.3 Å². The van der Waals surface area contributed by atoms with Crippen LogP contribution < -0.4 is 10.1 Å². The molecule has 3 aromatic carbocycles. The molecular weight excluding hydrogens is 454 g/mol. The summed E-state index contributed by atoms with van der Waals surface area (Å²) in [6, 6.07) is 26.7. The number of nitrogens with one attached hydrogen (secondary N) is 1. The fourth-order valence-electron chi connectivity index (χ4n) is 4.90. The zero-order chi connectivity index (χ0) is 24.2. The Morgan fingerprint density at radius 2 is 1.74 bits per heavy atom. The number of amides is 1. The normalized spacial score (nSPS) is 24.1. The molecule has 0 radical (unpaired) electrons. The Bertz CT molecular complexity index is 1360. The molecule has 1 saturated heterocycles. The minimum absolute atomic E-state index is 0.0409. The summed E-state index contributed by atoms with van der Waals surface area (Å²) >= 11 is 1.17. The highest BCUT2D eigenvalue weighted by atomic mass is 32.2. The third-order valence-corrected chi connectivity index (χ3v) is 7.66. The number of hydrazone groups is 1. The SMILES string of the molecule is CC(C)(C)c1ccc(C=C2SC(=O)NC23Oc2ccccc2C2CC(c4ccccc4)=NN23)cc1. The van der Waals surface area contributed by atoms with Crippen molar-refractivity contribution in [3.8, 4) is 5.75 Å². The number of para-hydroxylation sites is 1. The minimum Gasteiger partial charge on any atom is -0.444 e. The van der Waals surface area contributed by atoms with Gasteiger partial charge >= 0.3 is 5.85 Å². The molecule has 1 spiro atoms. The zero-order valence-electron chi connectivity index (χ0n) is 20.0. The Balaban J connectivity index is 1.46. The van der Waals surface area contributed by atoms with Crippen molar-refractivity contribution in [2.75, 3.05) is 0 Å². The molecule has 3 aliphatic rings. The van der Waals surface area contributed by atoms with Crippen LogP contribution in [0.2, 0.25) is 0 Å². The fourth-order valence-corrected chi connectivity index (χ4v) is 5.81. The number of carbonyl (C=O) groups excluding carboxylic acids is 1. The maximum Gasteiger partial charge on any atom is 0.314 e. The van der Waals surface area contributed by atoms with E-state index >= 15 is 0 Å². The van der Waals surface area contributed by atoms with E-state index in [0.29, 0.717) is 0 Å². The summed E-state index contributed by atoms with van der Waals surface area (Å²) in [5.74, 6) is -0.407. The van der Waals surface area contributed by atoms with Gasteiger partial charge in [0.05, 0.1) is 16.7 Å². The number of rotatable bonds is 2. The third kappa shape index (κ3) is 3.73. The van der Waals surface area contributed by atoms with Crippen molar-refractivity contribution in [3.05, 3.63) is 106 Å². The molecule has 3 aliphatic heterocycles. The Hall–Kier alpha value is -3.51. The summed E-state index contributed by atoms with van der Waals surface area (Å²) in [5.41, 5.74) is 5.50. The van der Waals surface area contributed by atoms with Crippen molar-refractivity contribution in [2.24, 2.45) is 5.10 Å². The highest BCUT2D eigenvalue weighted by molar-refractivity contribution is 8.17. The monoisotopic (exact) mass is 481 g/mol. The number of ether oxygens (including phenoxy) is 1. The number of hydrogen-bond acceptors (Lipinski definition) is 5. The number of hydrogen-bond donors (Lipinski definition) is 1. The first-order valence-electron chi connectivity index (χ1n) is 11.9. The lowest BCUT2D eigenvalue weighted by Crippen LogP contribution is -2.61. The average Bonchev–Trinajstić information content (AvgIpc) is 3.42. The maximum absolute atomic E-state index is 12.8. The van der Waals surface area contributed by atoms with Crippen molar-refractivity contribution in [1.82, 2.24) is 10.3 Å². The van der Waals surface area contributed by atoms with E-state index < -0.39 is 5.85 Å². The van der Waals surface area contributed by atoms with Crippen LogP contribution in [-0.4, -0.2) is 21.8 Å². The van der Waals surface area contributed by atoms with Gasteiger partial charge in [-0.3, -0.25) is 10.1 Å². The van der Waals surface area contributed by atoms with Gasteiger partial charge in [-0.1, -0.05) is 93.6 Å². The van der Waals surface area contributed by atoms with Crippen LogP contribution in [0.5, 0.6) is 5.75 Å². The van der Waals surface area contributed by atoms with E-state index in [0.717, 1.165) is 39.5 Å². The summed E-state index contributed by atoms with van der Waals surface area (Å²) < 4.78 is 6.61. The Morgan fingerprint density at radius 1 is 1.03 bits per heavy atom. The molecule has 0 aliphatic carbocycles. The highest BCUT2D eigenvalue weighted by Gasteiger charge is 2.58. The van der Waals surface area contributed by atoms with Gasteiger partial charge in [-0.2, -0.15) is 5.10 Å². The number of benzene rings is 3. The lowest BCUT2D eigenvalue weighted by Gasteiger charge is -2.45. The van der Waals surface area contributed by atoms with Crippen molar-refractivity contribution in [1.29, 1.82) is 0 Å². The Morgan fingerprint density at radius 3 is 2.49 bits per heavy atom. The van der Waals surface area contributed by atoms with Crippen LogP contribution in [0.4, 0.5) is 4.79 Å². The van der Waals surface area contributed by atoms with Crippen LogP contribution >= 0.6 is 11.8 Å². The van der Waals surface area contributed by atoms with Crippen molar-refractivity contribution < 1.29 is 9.53 Å². The van der Waals surface area contributed by atoms with Crippen molar-refractivity contribution >= 4 is 28.8 Å². The summed E-state index contributed by atoms with van der Waals surface area (Å²) in [4.78, 5) is 13.6. The molecule has 176 valence electrons. The van der Waals surface area contributed by atoms with Crippen molar-refractivity contribution in [2.45, 2.75) is 44.5 Å². The van der Waals surface area contributed by atoms with Gasteiger partial charge in [-0.05, 0) is 46.0 Å². The van der Waals surface area contributed by atoms with Gasteiger partial charge in [-0.25, -0.2) is 5.01 Å². The first-order valence-corrected chi connectivity index (χ1v) is 12.7. The Kier molecular flexibility index (Phi) is 5.04. The van der Waals surface area contributed by atoms with Crippen LogP contribution in [0.1, 0.15) is 55.5 Å². The second-order valence-electron chi connectivity index (χ2n) is 10.2. The molecule has 2 atom stereocenters. The number of fused-ring (bicyclic) bond motifs is 4. The van der Waals surface area contributed by atoms with Gasteiger partial charge in [0.2, 0.25) is 0 Å². The molecule has 1 fully saturated rings. The van der Waals surface area contributed by atoms with E-state index in [-0.39, 0.29) is 16.7 Å². The largest absolute Gasteiger partial charge is 0.444 e. The summed E-state index contributed by atoms with van der Waals surface area (Å²) in [6.45, 7) is 6.61. The molecule has 3 aromatic rings. The average molecular weight is 482 g/mol. The van der Waals surface area contributed by atoms with Crippen LogP contribution in [0.15, 0.2) is 88.9 Å². The predicted molar refractivity (Wildman–Crippen MR) is 141 cm³/mol. The quantitative estimate of drug-likeness (QED) is 0.444. The van der Waals surface area contributed by atoms with Gasteiger partial charge in [0.25, 0.3) is 5.24 Å². The Labute approximate surface area is 209 Å². The summed E-state index contributed by atoms with van der Waals surface area (Å²) in [7, 11) is 0. The molecule has 6 heteroatoms. The summed E-state index contributed by atoms with van der Waals surface area (Å²) in [6.07, 6.45) is 2.77. The maximum atomic E-state index is 12.8. The van der Waals surface area contributed by atoms with Crippen LogP contribution in [-0.2, 0) is 5.41 Å². The number of thioether (sulfide) groups is 1. The molecule has 0 saturated carbocycles. The second-order valence-corrected chi connectivity index (χ2v) is 11.2. The first-order chi connectivity index (χ1) is 16.8. The van der Waals surface area contributed by atoms with E-state index in [2.05, 4.69) is 68.6 Å². The van der Waals surface area contributed by atoms with Crippen molar-refractivity contribution in [3.63, 3.8) is 0 Å². The molecule has 0 bridgehead atoms. The predicted octanol–water partition coefficient (Wildman–Crippen LogP) is 6.68. The molecular formula is C29H27N3O2S. The van der Waals surface area contributed by atoms with Gasteiger partial charge < -0.3 is 4.74 Å². The zero-order valence-corrected chi connectivity index (χ0v) is 20.8. The van der Waals surface area contributed by atoms with Crippen LogP contribution in [0.3, 0.4) is 0 Å². The molecule has 0 aromatic heterocycles. The summed E-state index contributed by atoms with van der Waals surface area (Å²) in [5, 5.41) is 9.96. The number of carbonyl (C=O) groups is 1. The molecule has 5 nitrogen and oxygen atoms in total. The lowest BCUT2D eigenvalue weighted by atomic mass is 9.87. The van der Waals surface area contributed by atoms with E-state index in [1.807, 2.05) is 47.5 Å². The molecule has 3 heterocycles. The molecule has 6 rings (SSSR count). The molecule has 1 amide bonds. The smallest absolute Gasteiger partial charge is 0.314 e. The topological polar surface area (TPSA) is 53.9 Å². The van der Waals surface area contributed by atoms with E-state index in [4.69, 9.17) is 9.84 Å². The lowest BCUT2D eigenvalue weighted by molar-refractivity contribution is -0.0949. The standard InChI is InChI=1S/C29H27N3O2S/c1-28(2,3)21-15-13-19(14-16-21)17-26-29(30-27(33)35-26)32-24(22-11-7-8-12-25(22)34-29)18-23(31-32)20-9-5-4-6-10-20/h4-17,24H,18H2,1-3H3,(H,30,33). The minimum atomic E-state index is -1.18. The molecule has 1 N–H and O–H groups in total. The van der Waals surface area contributed by atoms with Gasteiger partial charge in [0.1, 0.15) is 5.75 Å². The fraction of sp³-hybridized carbons (Fsp3) is 0.241. The highest BCUT2D eigenvalue weighted by Crippen LogP contribution is 2.52. The van der Waals surface area contributed by atoms with E-state index in [9.17, 15) is 4.79 Å². The molecule has 35 heavy (non-hydrogen) atoms. The second kappa shape index (κ2) is 8.02. The van der Waals surface area contributed by atoms with Crippen LogP contribution in [0, 0.1) is 0 Å². The van der Waals surface area contributed by atoms with Gasteiger partial charge in [-0.15, -0.1) is 0 Å². The first kappa shape index (κ1) is 22.0. The molecule has 2 unspecified atom stereocenters.